The zero-order valence-corrected chi connectivity index (χ0v) is 16.6. The fraction of sp³-hybridized carbons (Fsp3) is 0.190. The molecule has 0 N–H and O–H groups in total. The van der Waals surface area contributed by atoms with Crippen LogP contribution in [0, 0.1) is 6.92 Å². The second-order valence-corrected chi connectivity index (χ2v) is 7.87. The fourth-order valence-electron chi connectivity index (χ4n) is 3.28. The lowest BCUT2D eigenvalue weighted by Crippen LogP contribution is -2.39. The van der Waals surface area contributed by atoms with Crippen LogP contribution in [0.2, 0.25) is 0 Å². The lowest BCUT2D eigenvalue weighted by Gasteiger charge is -2.28. The number of rotatable bonds is 2. The minimum Gasteiger partial charge on any atom is -0.305 e. The topological polar surface area (TPSA) is 55.2 Å². The highest BCUT2D eigenvalue weighted by Gasteiger charge is 2.31. The Hall–Kier alpha value is -3.07. The molecule has 1 aliphatic heterocycles. The summed E-state index contributed by atoms with van der Waals surface area (Å²) in [6.45, 7) is 1.95. The third-order valence-corrected chi connectivity index (χ3v) is 5.74. The van der Waals surface area contributed by atoms with Gasteiger partial charge < -0.3 is 4.90 Å². The number of carbonyl (C=O) groups is 1. The number of fused-ring (bicyclic) bond motifs is 1. The van der Waals surface area contributed by atoms with Crippen LogP contribution in [0.5, 0.6) is 0 Å². The number of thioether (sulfide) groups is 1. The molecule has 0 bridgehead atoms. The molecule has 0 aliphatic carbocycles. The van der Waals surface area contributed by atoms with Gasteiger partial charge in [-0.2, -0.15) is 18.3 Å². The third-order valence-electron chi connectivity index (χ3n) is 4.70. The average Bonchev–Trinajstić information content (AvgIpc) is 2.72. The number of aromatic nitrogens is 2. The highest BCUT2D eigenvalue weighted by molar-refractivity contribution is 7.99. The number of alkyl halides is 3. The van der Waals surface area contributed by atoms with Gasteiger partial charge in [0, 0.05) is 29.0 Å². The fourth-order valence-corrected chi connectivity index (χ4v) is 4.27. The van der Waals surface area contributed by atoms with Gasteiger partial charge >= 0.3 is 6.18 Å². The van der Waals surface area contributed by atoms with E-state index in [-0.39, 0.29) is 11.4 Å². The van der Waals surface area contributed by atoms with Crippen LogP contribution >= 0.6 is 11.8 Å². The summed E-state index contributed by atoms with van der Waals surface area (Å²) >= 11 is 1.61. The lowest BCUT2D eigenvalue weighted by molar-refractivity contribution is -0.137. The molecule has 0 saturated heterocycles. The molecular formula is C21H16F3N3O2S. The van der Waals surface area contributed by atoms with Crippen molar-refractivity contribution < 1.29 is 18.0 Å². The van der Waals surface area contributed by atoms with E-state index in [1.54, 1.807) is 30.8 Å². The van der Waals surface area contributed by atoms with Crippen LogP contribution in [0.4, 0.5) is 18.9 Å². The minimum absolute atomic E-state index is 0.117. The van der Waals surface area contributed by atoms with E-state index in [2.05, 4.69) is 5.10 Å². The molecule has 2 heterocycles. The molecule has 4 rings (SSSR count). The van der Waals surface area contributed by atoms with E-state index in [4.69, 9.17) is 0 Å². The van der Waals surface area contributed by atoms with Gasteiger partial charge in [-0.3, -0.25) is 9.59 Å². The largest absolute Gasteiger partial charge is 0.416 e. The number of amides is 1. The SMILES string of the molecule is Cc1cc(=O)c(C(=O)N2CCSc3ccccc32)nn1-c1cccc(C(F)(F)F)c1. The monoisotopic (exact) mass is 431 g/mol. The normalized spacial score (nSPS) is 13.8. The summed E-state index contributed by atoms with van der Waals surface area (Å²) in [7, 11) is 0. The molecule has 9 heteroatoms. The van der Waals surface area contributed by atoms with Crippen LogP contribution in [0.1, 0.15) is 21.7 Å². The highest BCUT2D eigenvalue weighted by Crippen LogP contribution is 2.35. The Labute approximate surface area is 174 Å². The van der Waals surface area contributed by atoms with E-state index in [1.165, 1.54) is 27.8 Å². The van der Waals surface area contributed by atoms with E-state index in [1.807, 2.05) is 12.1 Å². The Kier molecular flexibility index (Phi) is 5.15. The Morgan fingerprint density at radius 1 is 1.10 bits per heavy atom. The molecule has 0 spiro atoms. The van der Waals surface area contributed by atoms with Crippen molar-refractivity contribution in [3.8, 4) is 5.69 Å². The number of aryl methyl sites for hydroxylation is 1. The number of halogens is 3. The number of para-hydroxylation sites is 1. The van der Waals surface area contributed by atoms with Crippen LogP contribution in [0.15, 0.2) is 64.3 Å². The number of hydrogen-bond donors (Lipinski definition) is 0. The number of benzene rings is 2. The van der Waals surface area contributed by atoms with Crippen molar-refractivity contribution in [1.82, 2.24) is 9.78 Å². The average molecular weight is 431 g/mol. The summed E-state index contributed by atoms with van der Waals surface area (Å²) in [5, 5.41) is 4.15. The van der Waals surface area contributed by atoms with Gasteiger partial charge in [-0.05, 0) is 37.3 Å². The first-order valence-corrected chi connectivity index (χ1v) is 10.1. The van der Waals surface area contributed by atoms with Crippen molar-refractivity contribution in [3.05, 3.63) is 81.8 Å². The molecule has 0 radical (unpaired) electrons. The van der Waals surface area contributed by atoms with Gasteiger partial charge in [-0.1, -0.05) is 18.2 Å². The Balaban J connectivity index is 1.79. The van der Waals surface area contributed by atoms with E-state index < -0.39 is 23.1 Å². The van der Waals surface area contributed by atoms with E-state index >= 15 is 0 Å². The van der Waals surface area contributed by atoms with Gasteiger partial charge in [0.1, 0.15) is 0 Å². The zero-order valence-electron chi connectivity index (χ0n) is 15.8. The zero-order chi connectivity index (χ0) is 21.5. The molecule has 2 aromatic carbocycles. The van der Waals surface area contributed by atoms with Crippen LogP contribution in [-0.4, -0.2) is 28.0 Å². The van der Waals surface area contributed by atoms with Crippen LogP contribution in [-0.2, 0) is 6.18 Å². The van der Waals surface area contributed by atoms with Crippen molar-refractivity contribution in [2.75, 3.05) is 17.2 Å². The van der Waals surface area contributed by atoms with Crippen LogP contribution in [0.25, 0.3) is 5.69 Å². The van der Waals surface area contributed by atoms with Crippen molar-refractivity contribution in [2.24, 2.45) is 0 Å². The molecule has 1 aromatic heterocycles. The van der Waals surface area contributed by atoms with Gasteiger partial charge in [0.15, 0.2) is 5.69 Å². The predicted octanol–water partition coefficient (Wildman–Crippen LogP) is 4.31. The molecule has 30 heavy (non-hydrogen) atoms. The molecule has 1 amide bonds. The molecule has 0 unspecified atom stereocenters. The number of anilines is 1. The van der Waals surface area contributed by atoms with E-state index in [0.717, 1.165) is 17.0 Å². The molecule has 0 atom stereocenters. The van der Waals surface area contributed by atoms with Crippen molar-refractivity contribution in [3.63, 3.8) is 0 Å². The molecule has 1 aliphatic rings. The van der Waals surface area contributed by atoms with Gasteiger partial charge in [0.2, 0.25) is 5.43 Å². The molecule has 0 fully saturated rings. The first-order chi connectivity index (χ1) is 14.3. The summed E-state index contributed by atoms with van der Waals surface area (Å²) in [5.41, 5.74) is -0.617. The smallest absolute Gasteiger partial charge is 0.305 e. The standard InChI is InChI=1S/C21H16F3N3O2S/c1-13-11-17(28)19(20(29)26-9-10-30-18-8-3-2-7-16(18)26)25-27(13)15-6-4-5-14(12-15)21(22,23)24/h2-8,11-12H,9-10H2,1H3. The Bertz CT molecular complexity index is 1190. The maximum Gasteiger partial charge on any atom is 0.416 e. The number of nitrogens with zero attached hydrogens (tertiary/aromatic N) is 3. The Morgan fingerprint density at radius 3 is 2.63 bits per heavy atom. The second-order valence-electron chi connectivity index (χ2n) is 6.73. The van der Waals surface area contributed by atoms with Crippen LogP contribution in [0.3, 0.4) is 0 Å². The van der Waals surface area contributed by atoms with Crippen molar-refractivity contribution >= 4 is 23.4 Å². The van der Waals surface area contributed by atoms with Crippen molar-refractivity contribution in [2.45, 2.75) is 18.0 Å². The summed E-state index contributed by atoms with van der Waals surface area (Å²) in [6, 6.07) is 13.2. The first kappa shape index (κ1) is 20.2. The lowest BCUT2D eigenvalue weighted by atomic mass is 10.2. The Morgan fingerprint density at radius 2 is 1.87 bits per heavy atom. The first-order valence-electron chi connectivity index (χ1n) is 9.08. The predicted molar refractivity (Wildman–Crippen MR) is 108 cm³/mol. The molecular weight excluding hydrogens is 415 g/mol. The third kappa shape index (κ3) is 3.72. The quantitative estimate of drug-likeness (QED) is 0.607. The van der Waals surface area contributed by atoms with Gasteiger partial charge in [-0.15, -0.1) is 11.8 Å². The van der Waals surface area contributed by atoms with E-state index in [0.29, 0.717) is 23.7 Å². The summed E-state index contributed by atoms with van der Waals surface area (Å²) in [6.07, 6.45) is -4.52. The summed E-state index contributed by atoms with van der Waals surface area (Å²) in [4.78, 5) is 28.1. The van der Waals surface area contributed by atoms with Crippen LogP contribution < -0.4 is 10.3 Å². The van der Waals surface area contributed by atoms with E-state index in [9.17, 15) is 22.8 Å². The minimum atomic E-state index is -4.52. The molecule has 154 valence electrons. The highest BCUT2D eigenvalue weighted by atomic mass is 32.2. The second kappa shape index (κ2) is 7.64. The van der Waals surface area contributed by atoms with Gasteiger partial charge in [0.25, 0.3) is 5.91 Å². The number of carbonyl (C=O) groups excluding carboxylic acids is 1. The van der Waals surface area contributed by atoms with Gasteiger partial charge in [-0.25, -0.2) is 4.68 Å². The summed E-state index contributed by atoms with van der Waals surface area (Å²) < 4.78 is 40.5. The molecule has 5 nitrogen and oxygen atoms in total. The number of hydrogen-bond acceptors (Lipinski definition) is 4. The van der Waals surface area contributed by atoms with Crippen molar-refractivity contribution in [1.29, 1.82) is 0 Å². The molecule has 0 saturated carbocycles. The maximum atomic E-state index is 13.2. The molecule has 3 aromatic rings. The summed E-state index contributed by atoms with van der Waals surface area (Å²) in [5.74, 6) is 0.0876. The van der Waals surface area contributed by atoms with Gasteiger partial charge in [0.05, 0.1) is 16.9 Å². The maximum absolute atomic E-state index is 13.2.